The molecule has 98 valence electrons. The highest BCUT2D eigenvalue weighted by atomic mass is 32.1. The van der Waals surface area contributed by atoms with Gasteiger partial charge >= 0.3 is 0 Å². The Bertz CT molecular complexity index is 515. The molecule has 0 amide bonds. The Labute approximate surface area is 110 Å². The Hall–Kier alpha value is -1.24. The number of rotatable bonds is 6. The van der Waals surface area contributed by atoms with E-state index in [1.165, 1.54) is 0 Å². The summed E-state index contributed by atoms with van der Waals surface area (Å²) in [6.45, 7) is 5.54. The van der Waals surface area contributed by atoms with E-state index in [0.717, 1.165) is 10.2 Å². The minimum atomic E-state index is 0.0220. The number of anilines is 1. The predicted octanol–water partition coefficient (Wildman–Crippen LogP) is 2.22. The molecule has 0 fully saturated rings. The number of fused-ring (bicyclic) bond motifs is 1. The number of ether oxygens (including phenoxy) is 2. The van der Waals surface area contributed by atoms with Crippen LogP contribution in [0.15, 0.2) is 11.4 Å². The number of hydrogen-bond acceptors (Lipinski definition) is 6. The van der Waals surface area contributed by atoms with Crippen molar-refractivity contribution in [1.29, 1.82) is 0 Å². The largest absolute Gasteiger partial charge is 0.383 e. The van der Waals surface area contributed by atoms with E-state index in [0.29, 0.717) is 31.5 Å². The first kappa shape index (κ1) is 13.2. The lowest BCUT2D eigenvalue weighted by Crippen LogP contribution is -2.16. The first-order valence-corrected chi connectivity index (χ1v) is 6.77. The zero-order chi connectivity index (χ0) is 13.0. The van der Waals surface area contributed by atoms with Gasteiger partial charge in [0.2, 0.25) is 0 Å². The van der Waals surface area contributed by atoms with Crippen LogP contribution in [-0.2, 0) is 16.1 Å². The number of hydrogen-bond donors (Lipinski definition) is 1. The van der Waals surface area contributed by atoms with Crippen molar-refractivity contribution in [1.82, 2.24) is 9.97 Å². The average Bonchev–Trinajstić information content (AvgIpc) is 2.82. The van der Waals surface area contributed by atoms with Gasteiger partial charge in [0, 0.05) is 6.61 Å². The van der Waals surface area contributed by atoms with Crippen molar-refractivity contribution in [2.45, 2.75) is 26.6 Å². The van der Waals surface area contributed by atoms with Crippen LogP contribution in [0.1, 0.15) is 19.7 Å². The summed E-state index contributed by atoms with van der Waals surface area (Å²) in [4.78, 5) is 9.54. The van der Waals surface area contributed by atoms with Gasteiger partial charge in [0.25, 0.3) is 0 Å². The van der Waals surface area contributed by atoms with Gasteiger partial charge in [-0.15, -0.1) is 11.3 Å². The van der Waals surface area contributed by atoms with Crippen LogP contribution in [0.3, 0.4) is 0 Å². The molecule has 18 heavy (non-hydrogen) atoms. The van der Waals surface area contributed by atoms with E-state index in [2.05, 4.69) is 9.97 Å². The molecule has 0 saturated heterocycles. The van der Waals surface area contributed by atoms with Gasteiger partial charge in [0.15, 0.2) is 5.82 Å². The lowest BCUT2D eigenvalue weighted by molar-refractivity contribution is -0.0138. The summed E-state index contributed by atoms with van der Waals surface area (Å²) >= 11 is 1.55. The summed E-state index contributed by atoms with van der Waals surface area (Å²) in [6.07, 6.45) is 0.0220. The highest BCUT2D eigenvalue weighted by molar-refractivity contribution is 7.16. The molecule has 0 bridgehead atoms. The third-order valence-electron chi connectivity index (χ3n) is 2.45. The Morgan fingerprint density at radius 1 is 1.44 bits per heavy atom. The Kier molecular flexibility index (Phi) is 4.46. The third kappa shape index (κ3) is 3.16. The molecule has 0 aromatic carbocycles. The maximum Gasteiger partial charge on any atom is 0.158 e. The maximum absolute atomic E-state index is 5.86. The fraction of sp³-hybridized carbons (Fsp3) is 0.500. The highest BCUT2D eigenvalue weighted by Crippen LogP contribution is 2.22. The molecule has 0 aliphatic carbocycles. The molecule has 0 saturated carbocycles. The summed E-state index contributed by atoms with van der Waals surface area (Å²) in [6, 6.07) is 1.93. The molecule has 2 rings (SSSR count). The van der Waals surface area contributed by atoms with E-state index < -0.39 is 0 Å². The Balaban J connectivity index is 1.99. The topological polar surface area (TPSA) is 70.3 Å². The van der Waals surface area contributed by atoms with E-state index in [1.807, 2.05) is 25.3 Å². The molecular formula is C12H17N3O2S. The molecule has 0 aliphatic rings. The molecule has 2 heterocycles. The van der Waals surface area contributed by atoms with Crippen molar-refractivity contribution < 1.29 is 9.47 Å². The predicted molar refractivity (Wildman–Crippen MR) is 72.6 cm³/mol. The maximum atomic E-state index is 5.86. The highest BCUT2D eigenvalue weighted by Gasteiger charge is 2.08. The van der Waals surface area contributed by atoms with Crippen molar-refractivity contribution in [3.05, 3.63) is 17.3 Å². The fourth-order valence-electron chi connectivity index (χ4n) is 1.54. The van der Waals surface area contributed by atoms with Crippen molar-refractivity contribution in [2.75, 3.05) is 18.9 Å². The second-order valence-corrected chi connectivity index (χ2v) is 4.84. The summed E-state index contributed by atoms with van der Waals surface area (Å²) in [7, 11) is 0. The minimum absolute atomic E-state index is 0.0220. The first-order valence-electron chi connectivity index (χ1n) is 5.89. The van der Waals surface area contributed by atoms with E-state index in [9.17, 15) is 0 Å². The normalized spacial score (nSPS) is 13.0. The number of thiophene rings is 1. The molecular weight excluding hydrogens is 250 g/mol. The minimum Gasteiger partial charge on any atom is -0.383 e. The standard InChI is InChI=1S/C12H17N3O2S/c1-3-16-6-8(2)17-7-10-14-11(13)9-4-5-18-12(9)15-10/h4-5,8H,3,6-7H2,1-2H3,(H2,13,14,15). The molecule has 5 nitrogen and oxygen atoms in total. The zero-order valence-electron chi connectivity index (χ0n) is 10.5. The van der Waals surface area contributed by atoms with Crippen molar-refractivity contribution in [2.24, 2.45) is 0 Å². The van der Waals surface area contributed by atoms with Gasteiger partial charge < -0.3 is 15.2 Å². The SMILES string of the molecule is CCOCC(C)OCc1nc(N)c2ccsc2n1. The molecule has 2 aromatic heterocycles. The molecule has 0 aliphatic heterocycles. The molecule has 2 N–H and O–H groups in total. The molecule has 2 aromatic rings. The van der Waals surface area contributed by atoms with Gasteiger partial charge in [-0.1, -0.05) is 0 Å². The average molecular weight is 267 g/mol. The lowest BCUT2D eigenvalue weighted by Gasteiger charge is -2.12. The number of nitrogen functional groups attached to an aromatic ring is 1. The van der Waals surface area contributed by atoms with Crippen LogP contribution in [0.2, 0.25) is 0 Å². The number of aromatic nitrogens is 2. The fourth-order valence-corrected chi connectivity index (χ4v) is 2.33. The molecule has 0 radical (unpaired) electrons. The van der Waals surface area contributed by atoms with Crippen LogP contribution >= 0.6 is 11.3 Å². The van der Waals surface area contributed by atoms with E-state index >= 15 is 0 Å². The Morgan fingerprint density at radius 3 is 3.06 bits per heavy atom. The lowest BCUT2D eigenvalue weighted by atomic mass is 10.4. The summed E-state index contributed by atoms with van der Waals surface area (Å²) in [5.74, 6) is 1.13. The van der Waals surface area contributed by atoms with Crippen LogP contribution < -0.4 is 5.73 Å². The van der Waals surface area contributed by atoms with E-state index in [1.54, 1.807) is 11.3 Å². The van der Waals surface area contributed by atoms with Gasteiger partial charge in [-0.3, -0.25) is 0 Å². The van der Waals surface area contributed by atoms with Crippen LogP contribution in [0.4, 0.5) is 5.82 Å². The molecule has 0 spiro atoms. The molecule has 1 unspecified atom stereocenters. The smallest absolute Gasteiger partial charge is 0.158 e. The van der Waals surface area contributed by atoms with Gasteiger partial charge in [-0.25, -0.2) is 9.97 Å². The summed E-state index contributed by atoms with van der Waals surface area (Å²) in [5.41, 5.74) is 5.86. The van der Waals surface area contributed by atoms with Gasteiger partial charge in [-0.2, -0.15) is 0 Å². The van der Waals surface area contributed by atoms with Crippen molar-refractivity contribution >= 4 is 27.4 Å². The number of nitrogens with two attached hydrogens (primary N) is 1. The van der Waals surface area contributed by atoms with E-state index in [4.69, 9.17) is 15.2 Å². The number of nitrogens with zero attached hydrogens (tertiary/aromatic N) is 2. The third-order valence-corrected chi connectivity index (χ3v) is 3.26. The van der Waals surface area contributed by atoms with E-state index in [-0.39, 0.29) is 6.10 Å². The summed E-state index contributed by atoms with van der Waals surface area (Å²) < 4.78 is 10.9. The van der Waals surface area contributed by atoms with Crippen LogP contribution in [0.5, 0.6) is 0 Å². The van der Waals surface area contributed by atoms with Gasteiger partial charge in [0.05, 0.1) is 18.1 Å². The van der Waals surface area contributed by atoms with Gasteiger partial charge in [0.1, 0.15) is 17.3 Å². The van der Waals surface area contributed by atoms with Crippen LogP contribution in [-0.4, -0.2) is 29.3 Å². The molecule has 6 heteroatoms. The quantitative estimate of drug-likeness (QED) is 0.869. The van der Waals surface area contributed by atoms with Crippen molar-refractivity contribution in [3.63, 3.8) is 0 Å². The second kappa shape index (κ2) is 6.08. The van der Waals surface area contributed by atoms with Crippen molar-refractivity contribution in [3.8, 4) is 0 Å². The summed E-state index contributed by atoms with van der Waals surface area (Å²) in [5, 5.41) is 2.86. The molecule has 1 atom stereocenters. The first-order chi connectivity index (χ1) is 8.70. The zero-order valence-corrected chi connectivity index (χ0v) is 11.4. The van der Waals surface area contributed by atoms with Crippen LogP contribution in [0, 0.1) is 0 Å². The van der Waals surface area contributed by atoms with Gasteiger partial charge in [-0.05, 0) is 25.3 Å². The van der Waals surface area contributed by atoms with Crippen LogP contribution in [0.25, 0.3) is 10.2 Å². The Morgan fingerprint density at radius 2 is 2.28 bits per heavy atom. The monoisotopic (exact) mass is 267 g/mol. The second-order valence-electron chi connectivity index (χ2n) is 3.95.